The first-order valence-corrected chi connectivity index (χ1v) is 10.4. The summed E-state index contributed by atoms with van der Waals surface area (Å²) in [4.78, 5) is 23.2. The van der Waals surface area contributed by atoms with Crippen LogP contribution in [0.2, 0.25) is 0 Å². The van der Waals surface area contributed by atoms with Crippen molar-refractivity contribution in [3.63, 3.8) is 0 Å². The van der Waals surface area contributed by atoms with Gasteiger partial charge >= 0.3 is 0 Å². The first kappa shape index (κ1) is 21.2. The summed E-state index contributed by atoms with van der Waals surface area (Å²) in [5.74, 6) is 0.614. The largest absolute Gasteiger partial charge is 0.490 e. The number of nitrogens with one attached hydrogen (secondary N) is 1. The number of nitrogens with zero attached hydrogens (tertiary/aromatic N) is 3. The fourth-order valence-electron chi connectivity index (χ4n) is 3.67. The molecule has 29 heavy (non-hydrogen) atoms. The van der Waals surface area contributed by atoms with Crippen molar-refractivity contribution in [3.8, 4) is 5.75 Å². The first-order valence-electron chi connectivity index (χ1n) is 10.4. The third-order valence-corrected chi connectivity index (χ3v) is 5.03. The van der Waals surface area contributed by atoms with Crippen LogP contribution < -0.4 is 10.1 Å². The van der Waals surface area contributed by atoms with Crippen molar-refractivity contribution in [2.45, 2.75) is 52.7 Å². The molecule has 0 aliphatic carbocycles. The third-order valence-electron chi connectivity index (χ3n) is 5.03. The normalized spacial score (nSPS) is 17.0. The lowest BCUT2D eigenvalue weighted by atomic mass is 9.94. The van der Waals surface area contributed by atoms with E-state index < -0.39 is 0 Å². The highest BCUT2D eigenvalue weighted by Crippen LogP contribution is 2.23. The second kappa shape index (κ2) is 9.35. The van der Waals surface area contributed by atoms with E-state index in [0.717, 1.165) is 43.9 Å². The van der Waals surface area contributed by atoms with Crippen molar-refractivity contribution in [1.82, 2.24) is 20.2 Å². The van der Waals surface area contributed by atoms with Gasteiger partial charge in [0.15, 0.2) is 0 Å². The Labute approximate surface area is 173 Å². The van der Waals surface area contributed by atoms with Gasteiger partial charge in [0, 0.05) is 31.4 Å². The average Bonchev–Trinajstić information content (AvgIpc) is 2.69. The molecule has 1 aliphatic rings. The molecule has 0 spiro atoms. The van der Waals surface area contributed by atoms with Gasteiger partial charge in [-0.25, -0.2) is 9.97 Å². The van der Waals surface area contributed by atoms with Crippen molar-refractivity contribution < 1.29 is 9.53 Å². The SMILES string of the molecule is CC(NC(=O)c1cccc(OC2CCN(CC(C)(C)C)CC2)c1)c1ccncn1. The number of piperidine rings is 1. The molecule has 3 rings (SSSR count). The maximum atomic E-state index is 12.6. The molecule has 0 saturated carbocycles. The van der Waals surface area contributed by atoms with Gasteiger partial charge in [-0.15, -0.1) is 0 Å². The summed E-state index contributed by atoms with van der Waals surface area (Å²) in [7, 11) is 0. The molecule has 1 N–H and O–H groups in total. The van der Waals surface area contributed by atoms with Crippen LogP contribution in [0.5, 0.6) is 5.75 Å². The van der Waals surface area contributed by atoms with E-state index >= 15 is 0 Å². The van der Waals surface area contributed by atoms with Crippen molar-refractivity contribution in [2.75, 3.05) is 19.6 Å². The van der Waals surface area contributed by atoms with E-state index in [-0.39, 0.29) is 18.1 Å². The molecule has 1 unspecified atom stereocenters. The average molecular weight is 397 g/mol. The van der Waals surface area contributed by atoms with E-state index in [0.29, 0.717) is 11.0 Å². The zero-order valence-electron chi connectivity index (χ0n) is 17.9. The van der Waals surface area contributed by atoms with E-state index in [9.17, 15) is 4.79 Å². The Kier molecular flexibility index (Phi) is 6.85. The van der Waals surface area contributed by atoms with Crippen LogP contribution in [0.25, 0.3) is 0 Å². The van der Waals surface area contributed by atoms with E-state index in [2.05, 4.69) is 41.0 Å². The smallest absolute Gasteiger partial charge is 0.251 e. The van der Waals surface area contributed by atoms with Crippen LogP contribution in [0.15, 0.2) is 42.9 Å². The number of hydrogen-bond donors (Lipinski definition) is 1. The molecule has 1 aliphatic heterocycles. The van der Waals surface area contributed by atoms with Gasteiger partial charge in [0.25, 0.3) is 5.91 Å². The minimum atomic E-state index is -0.192. The molecule has 1 amide bonds. The quantitative estimate of drug-likeness (QED) is 0.803. The van der Waals surface area contributed by atoms with E-state index in [4.69, 9.17) is 4.74 Å². The number of ether oxygens (including phenoxy) is 1. The predicted molar refractivity (Wildman–Crippen MR) is 114 cm³/mol. The fourth-order valence-corrected chi connectivity index (χ4v) is 3.67. The molecular formula is C23H32N4O2. The number of amides is 1. The number of carbonyl (C=O) groups is 1. The summed E-state index contributed by atoms with van der Waals surface area (Å²) >= 11 is 0. The molecule has 6 heteroatoms. The maximum absolute atomic E-state index is 12.6. The van der Waals surface area contributed by atoms with Crippen LogP contribution in [0.3, 0.4) is 0 Å². The van der Waals surface area contributed by atoms with Crippen molar-refractivity contribution >= 4 is 5.91 Å². The van der Waals surface area contributed by atoms with Crippen LogP contribution in [0.4, 0.5) is 0 Å². The summed E-state index contributed by atoms with van der Waals surface area (Å²) in [6.45, 7) is 12.0. The molecule has 2 heterocycles. The minimum Gasteiger partial charge on any atom is -0.490 e. The molecule has 1 saturated heterocycles. The number of benzene rings is 1. The minimum absolute atomic E-state index is 0.137. The van der Waals surface area contributed by atoms with Crippen LogP contribution in [-0.2, 0) is 0 Å². The maximum Gasteiger partial charge on any atom is 0.251 e. The van der Waals surface area contributed by atoms with Crippen molar-refractivity contribution in [2.24, 2.45) is 5.41 Å². The van der Waals surface area contributed by atoms with Crippen LogP contribution >= 0.6 is 0 Å². The van der Waals surface area contributed by atoms with Gasteiger partial charge in [0.05, 0.1) is 11.7 Å². The molecule has 1 aromatic carbocycles. The standard InChI is InChI=1S/C23H32N4O2/c1-17(21-8-11-24-16-25-21)26-22(28)18-6-5-7-20(14-18)29-19-9-12-27(13-10-19)15-23(2,3)4/h5-8,11,14,16-17,19H,9-10,12-13,15H2,1-4H3,(H,26,28). The lowest BCUT2D eigenvalue weighted by Crippen LogP contribution is -2.42. The van der Waals surface area contributed by atoms with E-state index in [1.807, 2.05) is 25.1 Å². The van der Waals surface area contributed by atoms with Gasteiger partial charge in [-0.1, -0.05) is 26.8 Å². The zero-order valence-corrected chi connectivity index (χ0v) is 17.9. The highest BCUT2D eigenvalue weighted by molar-refractivity contribution is 5.94. The summed E-state index contributed by atoms with van der Waals surface area (Å²) in [6, 6.07) is 9.03. The number of hydrogen-bond acceptors (Lipinski definition) is 5. The van der Waals surface area contributed by atoms with Gasteiger partial charge in [0.1, 0.15) is 18.2 Å². The number of rotatable bonds is 6. The van der Waals surface area contributed by atoms with Gasteiger partial charge in [-0.05, 0) is 49.4 Å². The second-order valence-corrected chi connectivity index (χ2v) is 9.01. The molecule has 1 atom stereocenters. The summed E-state index contributed by atoms with van der Waals surface area (Å²) in [5.41, 5.74) is 1.69. The lowest BCUT2D eigenvalue weighted by Gasteiger charge is -2.36. The summed E-state index contributed by atoms with van der Waals surface area (Å²) in [6.07, 6.45) is 5.38. The number of likely N-dealkylation sites (tertiary alicyclic amines) is 1. The topological polar surface area (TPSA) is 67.3 Å². The summed E-state index contributed by atoms with van der Waals surface area (Å²) < 4.78 is 6.19. The molecule has 1 aromatic heterocycles. The molecule has 2 aromatic rings. The zero-order chi connectivity index (χ0) is 20.9. The van der Waals surface area contributed by atoms with Crippen LogP contribution in [-0.4, -0.2) is 46.5 Å². The Hall–Kier alpha value is -2.47. The van der Waals surface area contributed by atoms with E-state index in [1.54, 1.807) is 18.3 Å². The third kappa shape index (κ3) is 6.53. The molecular weight excluding hydrogens is 364 g/mol. The number of carbonyl (C=O) groups excluding carboxylic acids is 1. The Morgan fingerprint density at radius 2 is 2.03 bits per heavy atom. The first-order chi connectivity index (χ1) is 13.8. The Balaban J connectivity index is 1.54. The second-order valence-electron chi connectivity index (χ2n) is 9.01. The molecule has 0 bridgehead atoms. The molecule has 156 valence electrons. The molecule has 1 fully saturated rings. The van der Waals surface area contributed by atoms with Gasteiger partial charge < -0.3 is 15.0 Å². The lowest BCUT2D eigenvalue weighted by molar-refractivity contribution is 0.0808. The molecule has 6 nitrogen and oxygen atoms in total. The monoisotopic (exact) mass is 396 g/mol. The van der Waals surface area contributed by atoms with Crippen LogP contribution in [0.1, 0.15) is 62.6 Å². The Morgan fingerprint density at radius 1 is 1.28 bits per heavy atom. The number of aromatic nitrogens is 2. The summed E-state index contributed by atoms with van der Waals surface area (Å²) in [5, 5.41) is 2.98. The Morgan fingerprint density at radius 3 is 2.69 bits per heavy atom. The van der Waals surface area contributed by atoms with E-state index in [1.165, 1.54) is 6.33 Å². The van der Waals surface area contributed by atoms with Crippen LogP contribution in [0, 0.1) is 5.41 Å². The van der Waals surface area contributed by atoms with Gasteiger partial charge in [-0.3, -0.25) is 4.79 Å². The fraction of sp³-hybridized carbons (Fsp3) is 0.522. The highest BCUT2D eigenvalue weighted by atomic mass is 16.5. The predicted octanol–water partition coefficient (Wildman–Crippen LogP) is 3.86. The highest BCUT2D eigenvalue weighted by Gasteiger charge is 2.24. The Bertz CT molecular complexity index is 796. The molecule has 0 radical (unpaired) electrons. The van der Waals surface area contributed by atoms with Crippen molar-refractivity contribution in [3.05, 3.63) is 54.1 Å². The van der Waals surface area contributed by atoms with Gasteiger partial charge in [-0.2, -0.15) is 0 Å². The van der Waals surface area contributed by atoms with Crippen molar-refractivity contribution in [1.29, 1.82) is 0 Å². The van der Waals surface area contributed by atoms with Gasteiger partial charge in [0.2, 0.25) is 0 Å².